The molecule has 104 valence electrons. The van der Waals surface area contributed by atoms with Gasteiger partial charge in [-0.3, -0.25) is 0 Å². The summed E-state index contributed by atoms with van der Waals surface area (Å²) >= 11 is 5.76. The van der Waals surface area contributed by atoms with Crippen LogP contribution in [-0.2, 0) is 10.0 Å². The second-order valence-electron chi connectivity index (χ2n) is 4.40. The standard InChI is InChI=1S/C12H14ClFN2O2S/c1-2-5-16(9-3-4-9)19(17,18)11-7-8(13)6-10(15)12(11)14/h2,6-7,9H,1,3-5,15H2. The molecular formula is C12H14ClFN2O2S. The van der Waals surface area contributed by atoms with E-state index >= 15 is 0 Å². The Kier molecular flexibility index (Phi) is 3.85. The van der Waals surface area contributed by atoms with Crippen molar-refractivity contribution >= 4 is 27.3 Å². The Balaban J connectivity index is 2.51. The lowest BCUT2D eigenvalue weighted by Crippen LogP contribution is -2.34. The van der Waals surface area contributed by atoms with E-state index in [0.717, 1.165) is 18.9 Å². The average molecular weight is 305 g/mol. The molecule has 1 aliphatic carbocycles. The predicted molar refractivity (Wildman–Crippen MR) is 72.9 cm³/mol. The van der Waals surface area contributed by atoms with Gasteiger partial charge in [-0.2, -0.15) is 4.31 Å². The lowest BCUT2D eigenvalue weighted by atomic mass is 10.3. The van der Waals surface area contributed by atoms with Crippen LogP contribution in [0.5, 0.6) is 0 Å². The SMILES string of the molecule is C=CCN(C1CC1)S(=O)(=O)c1cc(Cl)cc(N)c1F. The first-order valence-corrected chi connectivity index (χ1v) is 7.57. The fourth-order valence-corrected chi connectivity index (χ4v) is 3.90. The third kappa shape index (κ3) is 2.75. The number of nitrogens with two attached hydrogens (primary N) is 1. The van der Waals surface area contributed by atoms with E-state index in [0.29, 0.717) is 0 Å². The summed E-state index contributed by atoms with van der Waals surface area (Å²) < 4.78 is 40.1. The molecule has 0 amide bonds. The zero-order valence-corrected chi connectivity index (χ0v) is 11.7. The summed E-state index contributed by atoms with van der Waals surface area (Å²) in [5.41, 5.74) is 5.14. The van der Waals surface area contributed by atoms with Gasteiger partial charge < -0.3 is 5.73 Å². The van der Waals surface area contributed by atoms with E-state index in [1.54, 1.807) is 0 Å². The Morgan fingerprint density at radius 1 is 1.53 bits per heavy atom. The second kappa shape index (κ2) is 5.11. The molecule has 0 aliphatic heterocycles. The van der Waals surface area contributed by atoms with Crippen LogP contribution >= 0.6 is 11.6 Å². The maximum Gasteiger partial charge on any atom is 0.246 e. The number of sulfonamides is 1. The van der Waals surface area contributed by atoms with Gasteiger partial charge in [-0.1, -0.05) is 17.7 Å². The number of rotatable bonds is 5. The normalized spacial score (nSPS) is 15.7. The van der Waals surface area contributed by atoms with Crippen LogP contribution in [0, 0.1) is 5.82 Å². The van der Waals surface area contributed by atoms with Crippen molar-refractivity contribution in [1.82, 2.24) is 4.31 Å². The van der Waals surface area contributed by atoms with Gasteiger partial charge in [-0.05, 0) is 25.0 Å². The van der Waals surface area contributed by atoms with Crippen LogP contribution in [0.1, 0.15) is 12.8 Å². The zero-order chi connectivity index (χ0) is 14.2. The van der Waals surface area contributed by atoms with Crippen LogP contribution < -0.4 is 5.73 Å². The van der Waals surface area contributed by atoms with Gasteiger partial charge in [0.05, 0.1) is 5.69 Å². The van der Waals surface area contributed by atoms with Crippen molar-refractivity contribution in [3.05, 3.63) is 35.6 Å². The molecule has 2 N–H and O–H groups in total. The molecule has 0 unspecified atom stereocenters. The van der Waals surface area contributed by atoms with Crippen molar-refractivity contribution in [2.45, 2.75) is 23.8 Å². The van der Waals surface area contributed by atoms with E-state index < -0.39 is 20.7 Å². The molecule has 0 bridgehead atoms. The molecule has 2 rings (SSSR count). The molecule has 19 heavy (non-hydrogen) atoms. The number of halogens is 2. The third-order valence-electron chi connectivity index (χ3n) is 2.88. The third-order valence-corrected chi connectivity index (χ3v) is 5.02. The van der Waals surface area contributed by atoms with Gasteiger partial charge in [0.15, 0.2) is 5.82 Å². The van der Waals surface area contributed by atoms with Gasteiger partial charge in [0.2, 0.25) is 10.0 Å². The van der Waals surface area contributed by atoms with Crippen molar-refractivity contribution in [3.8, 4) is 0 Å². The molecule has 0 atom stereocenters. The predicted octanol–water partition coefficient (Wildman–Crippen LogP) is 2.40. The van der Waals surface area contributed by atoms with Gasteiger partial charge in [-0.15, -0.1) is 6.58 Å². The molecule has 0 saturated heterocycles. The van der Waals surface area contributed by atoms with E-state index in [4.69, 9.17) is 17.3 Å². The molecule has 0 radical (unpaired) electrons. The first-order chi connectivity index (χ1) is 8.87. The average Bonchev–Trinajstić information content (AvgIpc) is 3.14. The smallest absolute Gasteiger partial charge is 0.246 e. The number of hydrogen-bond acceptors (Lipinski definition) is 3. The first-order valence-electron chi connectivity index (χ1n) is 5.75. The molecule has 1 aromatic carbocycles. The van der Waals surface area contributed by atoms with E-state index in [1.807, 2.05) is 0 Å². The lowest BCUT2D eigenvalue weighted by molar-refractivity contribution is 0.431. The van der Waals surface area contributed by atoms with Crippen LogP contribution in [-0.4, -0.2) is 25.3 Å². The van der Waals surface area contributed by atoms with Crippen molar-refractivity contribution < 1.29 is 12.8 Å². The molecule has 0 heterocycles. The molecule has 0 aromatic heterocycles. The Morgan fingerprint density at radius 2 is 2.16 bits per heavy atom. The Labute approximate surface area is 116 Å². The van der Waals surface area contributed by atoms with Crippen LogP contribution in [0.25, 0.3) is 0 Å². The monoisotopic (exact) mass is 304 g/mol. The molecule has 1 fully saturated rings. The van der Waals surface area contributed by atoms with Crippen LogP contribution in [0.4, 0.5) is 10.1 Å². The molecule has 1 aromatic rings. The van der Waals surface area contributed by atoms with E-state index in [2.05, 4.69) is 6.58 Å². The highest BCUT2D eigenvalue weighted by Gasteiger charge is 2.38. The van der Waals surface area contributed by atoms with Crippen molar-refractivity contribution in [2.75, 3.05) is 12.3 Å². The van der Waals surface area contributed by atoms with Gasteiger partial charge in [0.25, 0.3) is 0 Å². The molecule has 0 spiro atoms. The summed E-state index contributed by atoms with van der Waals surface area (Å²) in [4.78, 5) is -0.480. The van der Waals surface area contributed by atoms with Crippen molar-refractivity contribution in [2.24, 2.45) is 0 Å². The minimum Gasteiger partial charge on any atom is -0.396 e. The summed E-state index contributed by atoms with van der Waals surface area (Å²) in [6, 6.07) is 2.17. The van der Waals surface area contributed by atoms with Crippen LogP contribution in [0.2, 0.25) is 5.02 Å². The van der Waals surface area contributed by atoms with Crippen LogP contribution in [0.15, 0.2) is 29.7 Å². The quantitative estimate of drug-likeness (QED) is 0.671. The van der Waals surface area contributed by atoms with Crippen molar-refractivity contribution in [3.63, 3.8) is 0 Å². The highest BCUT2D eigenvalue weighted by atomic mass is 35.5. The highest BCUT2D eigenvalue weighted by molar-refractivity contribution is 7.89. The lowest BCUT2D eigenvalue weighted by Gasteiger charge is -2.21. The minimum absolute atomic E-state index is 0.0897. The fourth-order valence-electron chi connectivity index (χ4n) is 1.83. The molecule has 1 aliphatic rings. The number of benzene rings is 1. The van der Waals surface area contributed by atoms with Crippen LogP contribution in [0.3, 0.4) is 0 Å². The summed E-state index contributed by atoms with van der Waals surface area (Å²) in [5.74, 6) is -0.959. The number of anilines is 1. The Hall–Kier alpha value is -1.11. The second-order valence-corrected chi connectivity index (χ2v) is 6.70. The van der Waals surface area contributed by atoms with Gasteiger partial charge in [0, 0.05) is 17.6 Å². The minimum atomic E-state index is -3.95. The maximum absolute atomic E-state index is 13.9. The molecule has 4 nitrogen and oxygen atoms in total. The first kappa shape index (κ1) is 14.3. The Morgan fingerprint density at radius 3 is 2.68 bits per heavy atom. The molecular weight excluding hydrogens is 291 g/mol. The topological polar surface area (TPSA) is 63.4 Å². The summed E-state index contributed by atoms with van der Waals surface area (Å²) in [6.07, 6.45) is 3.01. The van der Waals surface area contributed by atoms with E-state index in [-0.39, 0.29) is 23.3 Å². The highest BCUT2D eigenvalue weighted by Crippen LogP contribution is 2.34. The van der Waals surface area contributed by atoms with Crippen molar-refractivity contribution in [1.29, 1.82) is 0 Å². The summed E-state index contributed by atoms with van der Waals surface area (Å²) in [6.45, 7) is 3.66. The largest absolute Gasteiger partial charge is 0.396 e. The molecule has 7 heteroatoms. The Bertz CT molecular complexity index is 614. The number of nitrogens with zero attached hydrogens (tertiary/aromatic N) is 1. The van der Waals surface area contributed by atoms with E-state index in [1.165, 1.54) is 16.4 Å². The zero-order valence-electron chi connectivity index (χ0n) is 10.1. The molecule has 1 saturated carbocycles. The van der Waals surface area contributed by atoms with Gasteiger partial charge in [-0.25, -0.2) is 12.8 Å². The summed E-state index contributed by atoms with van der Waals surface area (Å²) in [5, 5.41) is 0.0897. The summed E-state index contributed by atoms with van der Waals surface area (Å²) in [7, 11) is -3.95. The van der Waals surface area contributed by atoms with E-state index in [9.17, 15) is 12.8 Å². The number of nitrogen functional groups attached to an aromatic ring is 1. The van der Waals surface area contributed by atoms with Gasteiger partial charge in [0.1, 0.15) is 4.90 Å². The fraction of sp³-hybridized carbons (Fsp3) is 0.333. The van der Waals surface area contributed by atoms with Gasteiger partial charge >= 0.3 is 0 Å². The maximum atomic E-state index is 13.9. The number of hydrogen-bond donors (Lipinski definition) is 1.